The highest BCUT2D eigenvalue weighted by atomic mass is 15.5. The van der Waals surface area contributed by atoms with Crippen LogP contribution >= 0.6 is 0 Å². The summed E-state index contributed by atoms with van der Waals surface area (Å²) >= 11 is 0. The lowest BCUT2D eigenvalue weighted by Gasteiger charge is -2.24. The van der Waals surface area contributed by atoms with E-state index in [4.69, 9.17) is 10.1 Å². The highest BCUT2D eigenvalue weighted by Crippen LogP contribution is 2.36. The van der Waals surface area contributed by atoms with Crippen molar-refractivity contribution in [2.24, 2.45) is 10.1 Å². The summed E-state index contributed by atoms with van der Waals surface area (Å²) in [6.45, 7) is 6.36. The molecule has 0 saturated carbocycles. The van der Waals surface area contributed by atoms with Gasteiger partial charge in [0.1, 0.15) is 0 Å². The van der Waals surface area contributed by atoms with E-state index in [0.29, 0.717) is 0 Å². The quantitative estimate of drug-likeness (QED) is 0.290. The monoisotopic (exact) mass is 443 g/mol. The van der Waals surface area contributed by atoms with E-state index in [-0.39, 0.29) is 6.04 Å². The van der Waals surface area contributed by atoms with E-state index in [2.05, 4.69) is 117 Å². The van der Waals surface area contributed by atoms with E-state index in [9.17, 15) is 0 Å². The van der Waals surface area contributed by atoms with E-state index >= 15 is 0 Å². The van der Waals surface area contributed by atoms with Crippen LogP contribution in [0.2, 0.25) is 0 Å². The smallest absolute Gasteiger partial charge is 0.0831 e. The highest BCUT2D eigenvalue weighted by molar-refractivity contribution is 6.03. The van der Waals surface area contributed by atoms with Crippen molar-refractivity contribution in [3.8, 4) is 0 Å². The van der Waals surface area contributed by atoms with Crippen molar-refractivity contribution in [2.45, 2.75) is 33.2 Å². The second kappa shape index (κ2) is 9.48. The molecule has 0 radical (unpaired) electrons. The number of rotatable bonds is 5. The third kappa shape index (κ3) is 4.55. The second-order valence-electron chi connectivity index (χ2n) is 8.98. The van der Waals surface area contributed by atoms with Crippen molar-refractivity contribution in [1.82, 2.24) is 0 Å². The fraction of sp³-hybridized carbons (Fsp3) is 0.161. The maximum absolute atomic E-state index is 5.06. The molecule has 0 bridgehead atoms. The van der Waals surface area contributed by atoms with Gasteiger partial charge in [-0.2, -0.15) is 5.10 Å². The Balaban J connectivity index is 1.44. The lowest BCUT2D eigenvalue weighted by atomic mass is 9.98. The predicted octanol–water partition coefficient (Wildman–Crippen LogP) is 7.72. The van der Waals surface area contributed by atoms with E-state index in [1.807, 2.05) is 12.3 Å². The molecule has 1 atom stereocenters. The molecule has 5 rings (SSSR count). The van der Waals surface area contributed by atoms with Gasteiger partial charge in [0.2, 0.25) is 0 Å². The first-order chi connectivity index (χ1) is 16.6. The maximum atomic E-state index is 5.06. The molecule has 1 aliphatic heterocycles. The van der Waals surface area contributed by atoms with E-state index < -0.39 is 0 Å². The van der Waals surface area contributed by atoms with Gasteiger partial charge in [-0.05, 0) is 60.7 Å². The Morgan fingerprint density at radius 1 is 0.794 bits per heavy atom. The minimum Gasteiger partial charge on any atom is -0.257 e. The molecule has 4 aromatic carbocycles. The van der Waals surface area contributed by atoms with Gasteiger partial charge >= 0.3 is 0 Å². The van der Waals surface area contributed by atoms with Crippen LogP contribution < -0.4 is 5.01 Å². The van der Waals surface area contributed by atoms with Crippen molar-refractivity contribution >= 4 is 23.3 Å². The molecule has 168 valence electrons. The Kier molecular flexibility index (Phi) is 6.09. The van der Waals surface area contributed by atoms with Crippen molar-refractivity contribution in [3.05, 3.63) is 130 Å². The molecule has 4 aromatic rings. The minimum atomic E-state index is 0.175. The number of aryl methyl sites for hydroxylation is 3. The first-order valence-electron chi connectivity index (χ1n) is 11.8. The highest BCUT2D eigenvalue weighted by Gasteiger charge is 2.29. The van der Waals surface area contributed by atoms with E-state index in [1.54, 1.807) is 0 Å². The van der Waals surface area contributed by atoms with Crippen LogP contribution in [0.3, 0.4) is 0 Å². The van der Waals surface area contributed by atoms with Crippen LogP contribution in [0.1, 0.15) is 45.8 Å². The Morgan fingerprint density at radius 3 is 2.06 bits per heavy atom. The topological polar surface area (TPSA) is 28.0 Å². The summed E-state index contributed by atoms with van der Waals surface area (Å²) < 4.78 is 0. The van der Waals surface area contributed by atoms with Crippen LogP contribution in [-0.2, 0) is 0 Å². The summed E-state index contributed by atoms with van der Waals surface area (Å²) in [5, 5.41) is 7.22. The van der Waals surface area contributed by atoms with E-state index in [0.717, 1.165) is 29.1 Å². The third-order valence-corrected chi connectivity index (χ3v) is 6.34. The molecule has 1 aliphatic rings. The molecule has 0 N–H and O–H groups in total. The molecule has 0 spiro atoms. The van der Waals surface area contributed by atoms with Crippen LogP contribution in [-0.4, -0.2) is 11.9 Å². The van der Waals surface area contributed by atoms with Crippen molar-refractivity contribution in [3.63, 3.8) is 0 Å². The molecule has 0 unspecified atom stereocenters. The molecule has 34 heavy (non-hydrogen) atoms. The van der Waals surface area contributed by atoms with Gasteiger partial charge < -0.3 is 0 Å². The number of hydrazone groups is 1. The van der Waals surface area contributed by atoms with Gasteiger partial charge in [-0.1, -0.05) is 90.5 Å². The standard InChI is InChI=1S/C31H29N3/c1-22-18-23(2)31(24(3)19-22)32-21-25-14-16-28(17-15-25)34-30(27-12-8-5-9-13-27)20-29(33-34)26-10-6-4-7-11-26/h4-19,21,30H,20H2,1-3H3/t30-/m0/s1. The summed E-state index contributed by atoms with van der Waals surface area (Å²) in [5.74, 6) is 0. The molecular formula is C31H29N3. The number of nitrogens with zero attached hydrogens (tertiary/aromatic N) is 3. The predicted molar refractivity (Wildman–Crippen MR) is 144 cm³/mol. The lowest BCUT2D eigenvalue weighted by Crippen LogP contribution is -2.18. The zero-order valence-electron chi connectivity index (χ0n) is 19.9. The fourth-order valence-electron chi connectivity index (χ4n) is 4.72. The van der Waals surface area contributed by atoms with Crippen molar-refractivity contribution in [2.75, 3.05) is 5.01 Å². The van der Waals surface area contributed by atoms with Gasteiger partial charge in [-0.15, -0.1) is 0 Å². The van der Waals surface area contributed by atoms with Crippen LogP contribution in [0.15, 0.2) is 107 Å². The summed E-state index contributed by atoms with van der Waals surface area (Å²) in [7, 11) is 0. The van der Waals surface area contributed by atoms with E-state index in [1.165, 1.54) is 27.8 Å². The number of benzene rings is 4. The molecule has 1 heterocycles. The summed E-state index contributed by atoms with van der Waals surface area (Å²) in [4.78, 5) is 4.79. The number of hydrogen-bond acceptors (Lipinski definition) is 3. The fourth-order valence-corrected chi connectivity index (χ4v) is 4.72. The number of aliphatic imine (C=N–C) groups is 1. The Bertz CT molecular complexity index is 1310. The zero-order valence-corrected chi connectivity index (χ0v) is 19.9. The third-order valence-electron chi connectivity index (χ3n) is 6.34. The summed E-state index contributed by atoms with van der Waals surface area (Å²) in [6.07, 6.45) is 2.83. The number of anilines is 1. The van der Waals surface area contributed by atoms with Crippen LogP contribution in [0.4, 0.5) is 11.4 Å². The van der Waals surface area contributed by atoms with Gasteiger partial charge in [0.15, 0.2) is 0 Å². The maximum Gasteiger partial charge on any atom is 0.0831 e. The Labute approximate surface area is 202 Å². The normalized spacial score (nSPS) is 15.7. The largest absolute Gasteiger partial charge is 0.257 e. The zero-order chi connectivity index (χ0) is 23.5. The number of hydrogen-bond donors (Lipinski definition) is 0. The van der Waals surface area contributed by atoms with Crippen LogP contribution in [0.25, 0.3) is 0 Å². The van der Waals surface area contributed by atoms with Crippen LogP contribution in [0.5, 0.6) is 0 Å². The summed E-state index contributed by atoms with van der Waals surface area (Å²) in [5.41, 5.74) is 10.5. The van der Waals surface area contributed by atoms with Crippen molar-refractivity contribution < 1.29 is 0 Å². The Morgan fingerprint density at radius 2 is 1.41 bits per heavy atom. The molecule has 0 amide bonds. The Hall–Kier alpha value is -3.98. The van der Waals surface area contributed by atoms with Gasteiger partial charge in [0.25, 0.3) is 0 Å². The molecule has 0 aliphatic carbocycles. The molecule has 0 fully saturated rings. The van der Waals surface area contributed by atoms with Gasteiger partial charge in [0, 0.05) is 12.6 Å². The SMILES string of the molecule is Cc1cc(C)c(N=Cc2ccc(N3N=C(c4ccccc4)C[C@H]3c3ccccc3)cc2)c(C)c1. The minimum absolute atomic E-state index is 0.175. The molecule has 0 aromatic heterocycles. The molecule has 3 heteroatoms. The van der Waals surface area contributed by atoms with Gasteiger partial charge in [0.05, 0.1) is 23.1 Å². The summed E-state index contributed by atoms with van der Waals surface area (Å²) in [6, 6.07) is 34.2. The second-order valence-corrected chi connectivity index (χ2v) is 8.98. The molecular weight excluding hydrogens is 414 g/mol. The first-order valence-corrected chi connectivity index (χ1v) is 11.8. The van der Waals surface area contributed by atoms with Crippen molar-refractivity contribution in [1.29, 1.82) is 0 Å². The molecule has 0 saturated heterocycles. The molecule has 3 nitrogen and oxygen atoms in total. The first kappa shape index (κ1) is 21.8. The van der Waals surface area contributed by atoms with Gasteiger partial charge in [-0.3, -0.25) is 10.0 Å². The van der Waals surface area contributed by atoms with Gasteiger partial charge in [-0.25, -0.2) is 0 Å². The lowest BCUT2D eigenvalue weighted by molar-refractivity contribution is 0.709. The average molecular weight is 444 g/mol. The average Bonchev–Trinajstić information content (AvgIpc) is 3.30. The van der Waals surface area contributed by atoms with Crippen LogP contribution in [0, 0.1) is 20.8 Å².